The zero-order chi connectivity index (χ0) is 30.8. The number of urea groups is 1. The van der Waals surface area contributed by atoms with E-state index in [4.69, 9.17) is 14.2 Å². The molecule has 2 atom stereocenters. The van der Waals surface area contributed by atoms with Crippen molar-refractivity contribution in [3.8, 4) is 11.5 Å². The summed E-state index contributed by atoms with van der Waals surface area (Å²) >= 11 is 1.23. The molecule has 2 aromatic carbocycles. The lowest BCUT2D eigenvalue weighted by Gasteiger charge is -2.35. The van der Waals surface area contributed by atoms with Gasteiger partial charge in [0, 0.05) is 39.5 Å². The summed E-state index contributed by atoms with van der Waals surface area (Å²) in [6.45, 7) is 3.02. The van der Waals surface area contributed by atoms with Crippen LogP contribution in [-0.4, -0.2) is 73.8 Å². The molecule has 2 aromatic heterocycles. The van der Waals surface area contributed by atoms with Crippen LogP contribution in [0.4, 0.5) is 21.9 Å². The lowest BCUT2D eigenvalue weighted by Crippen LogP contribution is -2.52. The number of benzene rings is 2. The number of piperidine rings is 1. The van der Waals surface area contributed by atoms with E-state index in [0.717, 1.165) is 24.2 Å². The Labute approximate surface area is 258 Å². The summed E-state index contributed by atoms with van der Waals surface area (Å²) in [5.41, 5.74) is 2.61. The Kier molecular flexibility index (Phi) is 8.47. The zero-order valence-electron chi connectivity index (χ0n) is 24.7. The second-order valence-corrected chi connectivity index (χ2v) is 11.7. The second kappa shape index (κ2) is 12.6. The smallest absolute Gasteiger partial charge is 0.331 e. The van der Waals surface area contributed by atoms with Crippen LogP contribution in [0.5, 0.6) is 11.5 Å². The number of carbonyl (C=O) groups is 3. The molecule has 0 saturated carbocycles. The average molecular weight is 616 g/mol. The van der Waals surface area contributed by atoms with Crippen LogP contribution in [0.3, 0.4) is 0 Å². The van der Waals surface area contributed by atoms with Gasteiger partial charge >= 0.3 is 6.03 Å². The van der Waals surface area contributed by atoms with Crippen molar-refractivity contribution in [2.75, 3.05) is 44.1 Å². The summed E-state index contributed by atoms with van der Waals surface area (Å²) in [6, 6.07) is 16.2. The Balaban J connectivity index is 1.24. The molecule has 2 aliphatic heterocycles. The second-order valence-electron chi connectivity index (χ2n) is 10.7. The Bertz CT molecular complexity index is 1710. The third kappa shape index (κ3) is 5.71. The van der Waals surface area contributed by atoms with E-state index in [1.54, 1.807) is 22.1 Å². The first-order chi connectivity index (χ1) is 21.4. The summed E-state index contributed by atoms with van der Waals surface area (Å²) in [6.07, 6.45) is 2.42. The van der Waals surface area contributed by atoms with Crippen LogP contribution in [0.25, 0.3) is 10.2 Å². The third-order valence-electron chi connectivity index (χ3n) is 7.79. The van der Waals surface area contributed by atoms with Gasteiger partial charge in [-0.25, -0.2) is 9.78 Å². The average Bonchev–Trinajstić information content (AvgIpc) is 3.40. The van der Waals surface area contributed by atoms with Crippen LogP contribution in [-0.2, 0) is 14.3 Å². The van der Waals surface area contributed by atoms with Gasteiger partial charge in [0.2, 0.25) is 0 Å². The molecule has 6 rings (SSSR count). The highest BCUT2D eigenvalue weighted by Gasteiger charge is 2.35. The molecule has 4 aromatic rings. The molecule has 1 saturated heterocycles. The first-order valence-electron chi connectivity index (χ1n) is 14.4. The third-order valence-corrected chi connectivity index (χ3v) is 8.88. The van der Waals surface area contributed by atoms with Crippen LogP contribution < -0.4 is 20.3 Å². The van der Waals surface area contributed by atoms with Gasteiger partial charge in [-0.15, -0.1) is 11.3 Å². The number of anilines is 3. The normalized spacial score (nSPS) is 16.9. The molecule has 0 bridgehead atoms. The number of aromatic nitrogens is 1. The Morgan fingerprint density at radius 2 is 1.93 bits per heavy atom. The van der Waals surface area contributed by atoms with Gasteiger partial charge < -0.3 is 29.7 Å². The molecule has 4 heterocycles. The fraction of sp³-hybridized carbons (Fsp3) is 0.312. The fourth-order valence-electron chi connectivity index (χ4n) is 5.69. The number of para-hydroxylation sites is 1. The minimum atomic E-state index is -0.694. The molecule has 12 heteroatoms. The molecule has 2 aliphatic rings. The maximum Gasteiger partial charge on any atom is 0.331 e. The largest absolute Gasteiger partial charge is 0.457 e. The van der Waals surface area contributed by atoms with E-state index >= 15 is 0 Å². The number of carbonyl (C=O) groups excluding carboxylic acids is 3. The van der Waals surface area contributed by atoms with Crippen molar-refractivity contribution in [1.82, 2.24) is 15.2 Å². The number of ether oxygens (including phenoxy) is 3. The number of likely N-dealkylation sites (tertiary alicyclic amines) is 1. The summed E-state index contributed by atoms with van der Waals surface area (Å²) < 4.78 is 16.4. The highest BCUT2D eigenvalue weighted by Crippen LogP contribution is 2.46. The van der Waals surface area contributed by atoms with Gasteiger partial charge in [0.1, 0.15) is 21.2 Å². The van der Waals surface area contributed by atoms with Crippen LogP contribution in [0.15, 0.2) is 60.8 Å². The van der Waals surface area contributed by atoms with E-state index in [2.05, 4.69) is 15.6 Å². The number of pyridine rings is 1. The number of aryl methyl sites for hydroxylation is 1. The molecular weight excluding hydrogens is 582 g/mol. The molecule has 0 aliphatic carbocycles. The summed E-state index contributed by atoms with van der Waals surface area (Å²) in [7, 11) is 3.00. The Morgan fingerprint density at radius 3 is 2.68 bits per heavy atom. The van der Waals surface area contributed by atoms with E-state index < -0.39 is 6.10 Å². The number of thiophene rings is 1. The van der Waals surface area contributed by atoms with E-state index in [0.29, 0.717) is 51.0 Å². The van der Waals surface area contributed by atoms with E-state index in [-0.39, 0.29) is 30.5 Å². The topological polar surface area (TPSA) is 122 Å². The molecule has 44 heavy (non-hydrogen) atoms. The number of nitrogens with zero attached hydrogens (tertiary/aromatic N) is 3. The van der Waals surface area contributed by atoms with Crippen molar-refractivity contribution in [2.24, 2.45) is 0 Å². The summed E-state index contributed by atoms with van der Waals surface area (Å²) in [4.78, 5) is 49.0. The molecule has 1 fully saturated rings. The van der Waals surface area contributed by atoms with Crippen LogP contribution in [0.1, 0.15) is 28.1 Å². The van der Waals surface area contributed by atoms with E-state index in [9.17, 15) is 14.4 Å². The van der Waals surface area contributed by atoms with E-state index in [1.165, 1.54) is 25.6 Å². The monoisotopic (exact) mass is 615 g/mol. The van der Waals surface area contributed by atoms with Gasteiger partial charge in [0.25, 0.3) is 11.8 Å². The quantitative estimate of drug-likeness (QED) is 0.256. The van der Waals surface area contributed by atoms with Gasteiger partial charge in [-0.1, -0.05) is 18.2 Å². The predicted octanol–water partition coefficient (Wildman–Crippen LogP) is 5.46. The van der Waals surface area contributed by atoms with Crippen LogP contribution in [0.2, 0.25) is 0 Å². The predicted molar refractivity (Wildman–Crippen MR) is 168 cm³/mol. The SMILES string of the molecule is COCC(OC)C(=O)N1CCCC(NC(=O)c2sc3nccc4c3c2NC(=O)N4c2ccc(Oc3ccccc3)cc2C)C1. The molecule has 2 unspecified atom stereocenters. The zero-order valence-corrected chi connectivity index (χ0v) is 25.5. The van der Waals surface area contributed by atoms with Gasteiger partial charge in [0.05, 0.1) is 29.1 Å². The number of rotatable bonds is 9. The number of amides is 4. The molecule has 0 spiro atoms. The first-order valence-corrected chi connectivity index (χ1v) is 15.2. The van der Waals surface area contributed by atoms with Crippen LogP contribution in [0, 0.1) is 6.92 Å². The van der Waals surface area contributed by atoms with Crippen molar-refractivity contribution >= 4 is 56.5 Å². The van der Waals surface area contributed by atoms with Gasteiger partial charge in [0.15, 0.2) is 6.10 Å². The fourth-order valence-corrected chi connectivity index (χ4v) is 6.71. The lowest BCUT2D eigenvalue weighted by atomic mass is 10.0. The number of hydrogen-bond acceptors (Lipinski definition) is 8. The number of hydrogen-bond donors (Lipinski definition) is 2. The molecule has 4 amide bonds. The minimum Gasteiger partial charge on any atom is -0.457 e. The van der Waals surface area contributed by atoms with E-state index in [1.807, 2.05) is 55.5 Å². The van der Waals surface area contributed by atoms with Gasteiger partial charge in [-0.2, -0.15) is 0 Å². The standard InChI is InChI=1S/C32H33N5O6S/c1-19-16-22(43-21-9-5-4-6-10-21)11-12-23(19)37-24-13-14-33-30-26(24)27(35-32(37)40)28(44-30)29(38)34-20-8-7-15-36(17-20)31(39)25(42-3)18-41-2/h4-6,9-14,16,20,25H,7-8,15,17-18H2,1-3H3,(H,34,38)(H,35,40). The van der Waals surface area contributed by atoms with Crippen molar-refractivity contribution in [2.45, 2.75) is 31.9 Å². The number of methoxy groups -OCH3 is 2. The highest BCUT2D eigenvalue weighted by molar-refractivity contribution is 7.21. The first kappa shape index (κ1) is 29.5. The minimum absolute atomic E-state index is 0.158. The molecule has 0 radical (unpaired) electrons. The highest BCUT2D eigenvalue weighted by atomic mass is 32.1. The van der Waals surface area contributed by atoms with Crippen molar-refractivity contribution in [1.29, 1.82) is 0 Å². The van der Waals surface area contributed by atoms with Gasteiger partial charge in [-0.3, -0.25) is 14.5 Å². The lowest BCUT2D eigenvalue weighted by molar-refractivity contribution is -0.146. The molecule has 2 N–H and O–H groups in total. The maximum absolute atomic E-state index is 13.6. The van der Waals surface area contributed by atoms with Gasteiger partial charge in [-0.05, 0) is 61.7 Å². The van der Waals surface area contributed by atoms with Crippen molar-refractivity contribution in [3.63, 3.8) is 0 Å². The maximum atomic E-state index is 13.6. The van der Waals surface area contributed by atoms with Crippen LogP contribution >= 0.6 is 11.3 Å². The number of nitrogens with one attached hydrogen (secondary N) is 2. The molecule has 11 nitrogen and oxygen atoms in total. The molecular formula is C32H33N5O6S. The molecule has 228 valence electrons. The van der Waals surface area contributed by atoms with Crippen molar-refractivity contribution in [3.05, 3.63) is 71.2 Å². The Morgan fingerprint density at radius 1 is 1.11 bits per heavy atom. The summed E-state index contributed by atoms with van der Waals surface area (Å²) in [5.74, 6) is 0.893. The Hall–Kier alpha value is -4.52. The van der Waals surface area contributed by atoms with Crippen molar-refractivity contribution < 1.29 is 28.6 Å². The summed E-state index contributed by atoms with van der Waals surface area (Å²) in [5, 5.41) is 6.74.